The zero-order chi connectivity index (χ0) is 11.5. The summed E-state index contributed by atoms with van der Waals surface area (Å²) in [4.78, 5) is 12.4. The van der Waals surface area contributed by atoms with E-state index in [1.54, 1.807) is 0 Å². The minimum absolute atomic E-state index is 0.196. The first kappa shape index (κ1) is 13.0. The van der Waals surface area contributed by atoms with Gasteiger partial charge < -0.3 is 5.32 Å². The fourth-order valence-electron chi connectivity index (χ4n) is 1.77. The normalized spacial score (nSPS) is 27.5. The average molecular weight is 276 g/mol. The van der Waals surface area contributed by atoms with Crippen LogP contribution < -0.4 is 5.32 Å². The molecule has 1 aliphatic rings. The molecule has 0 aromatic heterocycles. The molecule has 0 heterocycles. The number of nitrogens with one attached hydrogen (secondary N) is 1. The van der Waals surface area contributed by atoms with E-state index < -0.39 is 0 Å². The molecule has 3 heteroatoms. The van der Waals surface area contributed by atoms with Crippen LogP contribution in [0.2, 0.25) is 0 Å². The van der Waals surface area contributed by atoms with Crippen molar-refractivity contribution in [1.29, 1.82) is 0 Å². The standard InChI is InChI=1S/C12H22BrNO/c1-4-12(2,3)11(15)14-10-8-6-5-7-9(10)13/h9-10H,4-8H2,1-3H3,(H,14,15). The van der Waals surface area contributed by atoms with Gasteiger partial charge in [-0.2, -0.15) is 0 Å². The van der Waals surface area contributed by atoms with E-state index in [0.717, 1.165) is 12.8 Å². The van der Waals surface area contributed by atoms with Crippen molar-refractivity contribution in [3.63, 3.8) is 0 Å². The average Bonchev–Trinajstić information content (AvgIpc) is 2.21. The molecule has 1 aliphatic carbocycles. The number of halogens is 1. The number of hydrogen-bond donors (Lipinski definition) is 1. The molecule has 1 saturated carbocycles. The van der Waals surface area contributed by atoms with Gasteiger partial charge in [0.05, 0.1) is 0 Å². The molecule has 0 spiro atoms. The Morgan fingerprint density at radius 1 is 1.40 bits per heavy atom. The van der Waals surface area contributed by atoms with Crippen molar-refractivity contribution in [3.8, 4) is 0 Å². The molecule has 0 aromatic rings. The number of alkyl halides is 1. The van der Waals surface area contributed by atoms with Crippen LogP contribution in [0, 0.1) is 5.41 Å². The summed E-state index contributed by atoms with van der Waals surface area (Å²) in [5, 5.41) is 3.17. The van der Waals surface area contributed by atoms with Crippen LogP contribution in [0.25, 0.3) is 0 Å². The Hall–Kier alpha value is -0.0500. The van der Waals surface area contributed by atoms with Crippen LogP contribution in [0.1, 0.15) is 52.9 Å². The number of rotatable bonds is 3. The largest absolute Gasteiger partial charge is 0.352 e. The Kier molecular flexibility index (Phi) is 4.63. The summed E-state index contributed by atoms with van der Waals surface area (Å²) in [6.45, 7) is 6.08. The third-order valence-corrected chi connectivity index (χ3v) is 4.59. The van der Waals surface area contributed by atoms with E-state index in [2.05, 4.69) is 28.2 Å². The quantitative estimate of drug-likeness (QED) is 0.788. The lowest BCUT2D eigenvalue weighted by Crippen LogP contribution is -2.47. The Balaban J connectivity index is 2.50. The summed E-state index contributed by atoms with van der Waals surface area (Å²) in [5.41, 5.74) is -0.232. The highest BCUT2D eigenvalue weighted by molar-refractivity contribution is 9.09. The van der Waals surface area contributed by atoms with Gasteiger partial charge in [0.1, 0.15) is 0 Å². The second kappa shape index (κ2) is 5.33. The number of amides is 1. The third-order valence-electron chi connectivity index (χ3n) is 3.50. The summed E-state index contributed by atoms with van der Waals surface area (Å²) in [6, 6.07) is 0.331. The third kappa shape index (κ3) is 3.47. The van der Waals surface area contributed by atoms with Crippen LogP contribution >= 0.6 is 15.9 Å². The van der Waals surface area contributed by atoms with Gasteiger partial charge in [0.25, 0.3) is 0 Å². The summed E-state index contributed by atoms with van der Waals surface area (Å²) in [5.74, 6) is 0.196. The molecule has 1 amide bonds. The van der Waals surface area contributed by atoms with Crippen LogP contribution in [0.4, 0.5) is 0 Å². The molecule has 0 radical (unpaired) electrons. The monoisotopic (exact) mass is 275 g/mol. The van der Waals surface area contributed by atoms with E-state index in [9.17, 15) is 4.79 Å². The Morgan fingerprint density at radius 2 is 2.00 bits per heavy atom. The van der Waals surface area contributed by atoms with Gasteiger partial charge in [0, 0.05) is 16.3 Å². The van der Waals surface area contributed by atoms with Crippen LogP contribution in [-0.4, -0.2) is 16.8 Å². The second-order valence-electron chi connectivity index (χ2n) is 5.12. The van der Waals surface area contributed by atoms with Gasteiger partial charge >= 0.3 is 0 Å². The van der Waals surface area contributed by atoms with Crippen LogP contribution in [0.15, 0.2) is 0 Å². The number of carbonyl (C=O) groups excluding carboxylic acids is 1. The van der Waals surface area contributed by atoms with E-state index >= 15 is 0 Å². The fraction of sp³-hybridized carbons (Fsp3) is 0.917. The van der Waals surface area contributed by atoms with E-state index in [-0.39, 0.29) is 11.3 Å². The van der Waals surface area contributed by atoms with E-state index in [4.69, 9.17) is 0 Å². The first-order valence-corrected chi connectivity index (χ1v) is 6.84. The first-order chi connectivity index (χ1) is 6.97. The van der Waals surface area contributed by atoms with Crippen molar-refractivity contribution < 1.29 is 4.79 Å². The van der Waals surface area contributed by atoms with Gasteiger partial charge in [-0.15, -0.1) is 0 Å². The van der Waals surface area contributed by atoms with Crippen LogP contribution in [0.3, 0.4) is 0 Å². The van der Waals surface area contributed by atoms with Gasteiger partial charge in [-0.1, -0.05) is 49.5 Å². The maximum atomic E-state index is 12.0. The molecule has 0 aromatic carbocycles. The predicted molar refractivity (Wildman–Crippen MR) is 67.2 cm³/mol. The highest BCUT2D eigenvalue weighted by Crippen LogP contribution is 2.26. The van der Waals surface area contributed by atoms with E-state index in [1.165, 1.54) is 19.3 Å². The van der Waals surface area contributed by atoms with Gasteiger partial charge in [0.2, 0.25) is 5.91 Å². The smallest absolute Gasteiger partial charge is 0.225 e. The molecule has 2 nitrogen and oxygen atoms in total. The van der Waals surface area contributed by atoms with Gasteiger partial charge in [-0.05, 0) is 19.3 Å². The lowest BCUT2D eigenvalue weighted by Gasteiger charge is -2.31. The molecule has 1 N–H and O–H groups in total. The molecular weight excluding hydrogens is 254 g/mol. The fourth-order valence-corrected chi connectivity index (χ4v) is 2.49. The SMILES string of the molecule is CCC(C)(C)C(=O)NC1CCCCC1Br. The number of carbonyl (C=O) groups is 1. The highest BCUT2D eigenvalue weighted by Gasteiger charge is 2.30. The predicted octanol–water partition coefficient (Wildman–Crippen LogP) is 3.24. The molecule has 2 atom stereocenters. The van der Waals surface area contributed by atoms with Crippen LogP contribution in [-0.2, 0) is 4.79 Å². The maximum Gasteiger partial charge on any atom is 0.225 e. The lowest BCUT2D eigenvalue weighted by molar-refractivity contribution is -0.130. The minimum atomic E-state index is -0.232. The maximum absolute atomic E-state index is 12.0. The Bertz CT molecular complexity index is 228. The van der Waals surface area contributed by atoms with Crippen molar-refractivity contribution in [3.05, 3.63) is 0 Å². The molecule has 1 fully saturated rings. The number of hydrogen-bond acceptors (Lipinski definition) is 1. The molecule has 1 rings (SSSR count). The van der Waals surface area contributed by atoms with E-state index in [1.807, 2.05) is 13.8 Å². The summed E-state index contributed by atoms with van der Waals surface area (Å²) in [6.07, 6.45) is 5.69. The van der Waals surface area contributed by atoms with Crippen LogP contribution in [0.5, 0.6) is 0 Å². The van der Waals surface area contributed by atoms with E-state index in [0.29, 0.717) is 10.9 Å². The lowest BCUT2D eigenvalue weighted by atomic mass is 9.87. The highest BCUT2D eigenvalue weighted by atomic mass is 79.9. The van der Waals surface area contributed by atoms with Crippen molar-refractivity contribution in [2.24, 2.45) is 5.41 Å². The van der Waals surface area contributed by atoms with Gasteiger partial charge in [-0.25, -0.2) is 0 Å². The molecule has 88 valence electrons. The van der Waals surface area contributed by atoms with Crippen molar-refractivity contribution >= 4 is 21.8 Å². The minimum Gasteiger partial charge on any atom is -0.352 e. The molecule has 0 bridgehead atoms. The molecule has 15 heavy (non-hydrogen) atoms. The topological polar surface area (TPSA) is 29.1 Å². The summed E-state index contributed by atoms with van der Waals surface area (Å²) in [7, 11) is 0. The van der Waals surface area contributed by atoms with Crippen molar-refractivity contribution in [2.75, 3.05) is 0 Å². The molecule has 0 aliphatic heterocycles. The Labute approximate surface area is 101 Å². The second-order valence-corrected chi connectivity index (χ2v) is 6.29. The Morgan fingerprint density at radius 3 is 2.53 bits per heavy atom. The molecular formula is C12H22BrNO. The summed E-state index contributed by atoms with van der Waals surface area (Å²) < 4.78 is 0. The first-order valence-electron chi connectivity index (χ1n) is 5.92. The molecule has 0 saturated heterocycles. The zero-order valence-electron chi connectivity index (χ0n) is 9.98. The van der Waals surface area contributed by atoms with Gasteiger partial charge in [-0.3, -0.25) is 4.79 Å². The summed E-state index contributed by atoms with van der Waals surface area (Å²) >= 11 is 3.66. The van der Waals surface area contributed by atoms with Gasteiger partial charge in [0.15, 0.2) is 0 Å². The molecule has 2 unspecified atom stereocenters. The van der Waals surface area contributed by atoms with Crippen molar-refractivity contribution in [2.45, 2.75) is 63.7 Å². The zero-order valence-corrected chi connectivity index (χ0v) is 11.6. The van der Waals surface area contributed by atoms with Crippen molar-refractivity contribution in [1.82, 2.24) is 5.32 Å².